The van der Waals surface area contributed by atoms with Gasteiger partial charge in [0.2, 0.25) is 5.88 Å². The molecule has 0 bridgehead atoms. The zero-order chi connectivity index (χ0) is 19.0. The van der Waals surface area contributed by atoms with Crippen molar-refractivity contribution in [2.45, 2.75) is 24.7 Å². The van der Waals surface area contributed by atoms with Crippen LogP contribution in [0.25, 0.3) is 0 Å². The monoisotopic (exact) mass is 398 g/mol. The number of nitrogens with zero attached hydrogens (tertiary/aromatic N) is 4. The summed E-state index contributed by atoms with van der Waals surface area (Å²) in [5, 5.41) is 0.549. The van der Waals surface area contributed by atoms with E-state index in [1.54, 1.807) is 18.3 Å². The molecule has 0 aromatic carbocycles. The summed E-state index contributed by atoms with van der Waals surface area (Å²) < 4.78 is 44.2. The Balaban J connectivity index is 1.45. The Morgan fingerprint density at radius 2 is 1.89 bits per heavy atom. The number of aromatic nitrogens is 2. The molecule has 144 valence electrons. The number of ether oxygens (including phenoxy) is 1. The lowest BCUT2D eigenvalue weighted by Crippen LogP contribution is -2.54. The first-order chi connectivity index (χ1) is 12.9. The third kappa shape index (κ3) is 3.96. The van der Waals surface area contributed by atoms with Crippen LogP contribution in [0.3, 0.4) is 0 Å². The number of piperazine rings is 1. The molecule has 2 aliphatic heterocycles. The summed E-state index contributed by atoms with van der Waals surface area (Å²) in [5.41, 5.74) is -0.735. The summed E-state index contributed by atoms with van der Waals surface area (Å²) in [7, 11) is 0. The van der Waals surface area contributed by atoms with E-state index in [0.717, 1.165) is 38.3 Å². The number of fused-ring (bicyclic) bond motifs is 1. The van der Waals surface area contributed by atoms with Crippen LogP contribution >= 0.6 is 11.6 Å². The van der Waals surface area contributed by atoms with Crippen LogP contribution in [0.15, 0.2) is 36.7 Å². The maximum absolute atomic E-state index is 12.7. The molecule has 0 aliphatic carbocycles. The molecular weight excluding hydrogens is 381 g/mol. The highest BCUT2D eigenvalue weighted by Crippen LogP contribution is 2.31. The van der Waals surface area contributed by atoms with Gasteiger partial charge in [-0.1, -0.05) is 11.6 Å². The van der Waals surface area contributed by atoms with Gasteiger partial charge in [0.05, 0.1) is 16.6 Å². The Morgan fingerprint density at radius 3 is 2.56 bits per heavy atom. The number of anilines is 1. The maximum atomic E-state index is 12.7. The number of pyridine rings is 2. The highest BCUT2D eigenvalue weighted by atomic mass is 35.5. The third-order valence-corrected chi connectivity index (χ3v) is 5.26. The van der Waals surface area contributed by atoms with Crippen LogP contribution in [0.2, 0.25) is 5.02 Å². The van der Waals surface area contributed by atoms with Crippen molar-refractivity contribution in [2.75, 3.05) is 31.1 Å². The van der Waals surface area contributed by atoms with Gasteiger partial charge in [-0.2, -0.15) is 13.2 Å². The van der Waals surface area contributed by atoms with Gasteiger partial charge in [0.1, 0.15) is 11.9 Å². The lowest BCUT2D eigenvalue weighted by atomic mass is 10.1. The van der Waals surface area contributed by atoms with Gasteiger partial charge in [0.15, 0.2) is 0 Å². The summed E-state index contributed by atoms with van der Waals surface area (Å²) in [6.07, 6.45) is -1.09. The zero-order valence-corrected chi connectivity index (χ0v) is 15.1. The molecule has 2 unspecified atom stereocenters. The maximum Gasteiger partial charge on any atom is 0.417 e. The van der Waals surface area contributed by atoms with Gasteiger partial charge in [-0.15, -0.1) is 0 Å². The molecule has 4 rings (SSSR count). The standard InChI is InChI=1S/C18H18ClF3N4O/c19-13-2-4-17(24-10-13)27-15-5-6-25-7-8-26(11-14(15)25)16-3-1-12(9-23-16)18(20,21)22/h1-4,9-10,14-15H,5-8,11H2. The summed E-state index contributed by atoms with van der Waals surface area (Å²) in [4.78, 5) is 12.6. The Kier molecular flexibility index (Phi) is 4.86. The normalized spacial score (nSPS) is 23.3. The van der Waals surface area contributed by atoms with Gasteiger partial charge in [0.25, 0.3) is 0 Å². The van der Waals surface area contributed by atoms with E-state index in [0.29, 0.717) is 23.3 Å². The number of rotatable bonds is 3. The fraction of sp³-hybridized carbons (Fsp3) is 0.444. The van der Waals surface area contributed by atoms with Gasteiger partial charge in [-0.3, -0.25) is 4.90 Å². The van der Waals surface area contributed by atoms with Crippen LogP contribution < -0.4 is 9.64 Å². The highest BCUT2D eigenvalue weighted by molar-refractivity contribution is 6.30. The summed E-state index contributed by atoms with van der Waals surface area (Å²) in [6, 6.07) is 6.12. The van der Waals surface area contributed by atoms with Crippen LogP contribution in [-0.2, 0) is 6.18 Å². The summed E-state index contributed by atoms with van der Waals surface area (Å²) in [5.74, 6) is 1.08. The van der Waals surface area contributed by atoms with Crippen molar-refractivity contribution < 1.29 is 17.9 Å². The molecule has 2 aromatic rings. The van der Waals surface area contributed by atoms with Gasteiger partial charge in [0, 0.05) is 44.6 Å². The first-order valence-electron chi connectivity index (χ1n) is 8.70. The second-order valence-electron chi connectivity index (χ2n) is 6.71. The Bertz CT molecular complexity index is 785. The largest absolute Gasteiger partial charge is 0.473 e. The van der Waals surface area contributed by atoms with Crippen molar-refractivity contribution >= 4 is 17.4 Å². The average molecular weight is 399 g/mol. The zero-order valence-electron chi connectivity index (χ0n) is 14.4. The predicted molar refractivity (Wildman–Crippen MR) is 95.1 cm³/mol. The molecule has 2 aromatic heterocycles. The van der Waals surface area contributed by atoms with Gasteiger partial charge < -0.3 is 9.64 Å². The van der Waals surface area contributed by atoms with Crippen molar-refractivity contribution in [1.82, 2.24) is 14.9 Å². The second kappa shape index (κ2) is 7.16. The predicted octanol–water partition coefficient (Wildman–Crippen LogP) is 3.49. The third-order valence-electron chi connectivity index (χ3n) is 5.04. The minimum absolute atomic E-state index is 0.0316. The van der Waals surface area contributed by atoms with Crippen LogP contribution in [0.4, 0.5) is 19.0 Å². The van der Waals surface area contributed by atoms with Crippen molar-refractivity contribution in [3.05, 3.63) is 47.2 Å². The fourth-order valence-electron chi connectivity index (χ4n) is 3.64. The van der Waals surface area contributed by atoms with E-state index in [2.05, 4.69) is 14.9 Å². The molecule has 0 radical (unpaired) electrons. The number of hydrogen-bond donors (Lipinski definition) is 0. The molecule has 9 heteroatoms. The molecule has 0 saturated carbocycles. The van der Waals surface area contributed by atoms with Gasteiger partial charge >= 0.3 is 6.18 Å². The molecule has 4 heterocycles. The second-order valence-corrected chi connectivity index (χ2v) is 7.15. The van der Waals surface area contributed by atoms with E-state index in [9.17, 15) is 13.2 Å². The average Bonchev–Trinajstić information content (AvgIpc) is 3.05. The van der Waals surface area contributed by atoms with E-state index in [1.807, 2.05) is 4.90 Å². The van der Waals surface area contributed by atoms with E-state index in [1.165, 1.54) is 6.07 Å². The Morgan fingerprint density at radius 1 is 1.04 bits per heavy atom. The van der Waals surface area contributed by atoms with Crippen LogP contribution in [-0.4, -0.2) is 53.2 Å². The number of halogens is 4. The smallest absolute Gasteiger partial charge is 0.417 e. The van der Waals surface area contributed by atoms with E-state index in [4.69, 9.17) is 16.3 Å². The molecule has 2 atom stereocenters. The van der Waals surface area contributed by atoms with Crippen LogP contribution in [0.5, 0.6) is 5.88 Å². The first kappa shape index (κ1) is 18.3. The Hall–Kier alpha value is -2.06. The minimum Gasteiger partial charge on any atom is -0.473 e. The molecule has 2 aliphatic rings. The fourth-order valence-corrected chi connectivity index (χ4v) is 3.75. The minimum atomic E-state index is -4.37. The molecule has 27 heavy (non-hydrogen) atoms. The molecular formula is C18H18ClF3N4O. The van der Waals surface area contributed by atoms with Crippen molar-refractivity contribution in [2.24, 2.45) is 0 Å². The van der Waals surface area contributed by atoms with Crippen LogP contribution in [0, 0.1) is 0 Å². The molecule has 5 nitrogen and oxygen atoms in total. The molecule has 2 saturated heterocycles. The quantitative estimate of drug-likeness (QED) is 0.791. The first-order valence-corrected chi connectivity index (χ1v) is 9.08. The van der Waals surface area contributed by atoms with Gasteiger partial charge in [-0.25, -0.2) is 9.97 Å². The lowest BCUT2D eigenvalue weighted by molar-refractivity contribution is -0.137. The highest BCUT2D eigenvalue weighted by Gasteiger charge is 2.40. The van der Waals surface area contributed by atoms with E-state index in [-0.39, 0.29) is 12.1 Å². The van der Waals surface area contributed by atoms with E-state index >= 15 is 0 Å². The molecule has 0 amide bonds. The molecule has 0 spiro atoms. The van der Waals surface area contributed by atoms with Crippen molar-refractivity contribution in [3.63, 3.8) is 0 Å². The topological polar surface area (TPSA) is 41.5 Å². The van der Waals surface area contributed by atoms with Crippen molar-refractivity contribution in [1.29, 1.82) is 0 Å². The lowest BCUT2D eigenvalue weighted by Gasteiger charge is -2.39. The Labute approximate surface area is 159 Å². The number of hydrogen-bond acceptors (Lipinski definition) is 5. The summed E-state index contributed by atoms with van der Waals surface area (Å²) >= 11 is 5.85. The summed E-state index contributed by atoms with van der Waals surface area (Å²) in [6.45, 7) is 3.12. The van der Waals surface area contributed by atoms with E-state index < -0.39 is 11.7 Å². The van der Waals surface area contributed by atoms with Gasteiger partial charge in [-0.05, 0) is 24.6 Å². The number of alkyl halides is 3. The van der Waals surface area contributed by atoms with Crippen molar-refractivity contribution in [3.8, 4) is 5.88 Å². The van der Waals surface area contributed by atoms with Crippen LogP contribution in [0.1, 0.15) is 12.0 Å². The molecule has 2 fully saturated rings. The molecule has 0 N–H and O–H groups in total. The SMILES string of the molecule is FC(F)(F)c1ccc(N2CCN3CCC(Oc4ccc(Cl)cn4)C3C2)nc1.